The zero-order chi connectivity index (χ0) is 28.0. The summed E-state index contributed by atoms with van der Waals surface area (Å²) in [6.07, 6.45) is 1.56. The van der Waals surface area contributed by atoms with Gasteiger partial charge in [-0.1, -0.05) is 44.2 Å². The minimum atomic E-state index is -1.11. The largest absolute Gasteiger partial charge is 0.435 e. The summed E-state index contributed by atoms with van der Waals surface area (Å²) in [6.45, 7) is 5.68. The molecule has 1 aromatic heterocycles. The van der Waals surface area contributed by atoms with Gasteiger partial charge in [-0.25, -0.2) is 9.37 Å². The van der Waals surface area contributed by atoms with Crippen molar-refractivity contribution in [3.63, 3.8) is 0 Å². The molecule has 1 saturated carbocycles. The Hall–Kier alpha value is -4.11. The van der Waals surface area contributed by atoms with E-state index in [9.17, 15) is 18.8 Å². The van der Waals surface area contributed by atoms with Crippen molar-refractivity contribution in [2.75, 3.05) is 26.3 Å². The number of rotatable bonds is 5. The fourth-order valence-electron chi connectivity index (χ4n) is 5.40. The summed E-state index contributed by atoms with van der Waals surface area (Å²) < 4.78 is 26.3. The van der Waals surface area contributed by atoms with Crippen LogP contribution in [0, 0.1) is 17.2 Å². The van der Waals surface area contributed by atoms with Gasteiger partial charge in [-0.15, -0.1) is 0 Å². The second kappa shape index (κ2) is 10.1. The molecule has 2 fully saturated rings. The molecule has 8 nitrogen and oxygen atoms in total. The second-order valence-corrected chi connectivity index (χ2v) is 11.1. The maximum Gasteiger partial charge on any atom is 0.254 e. The van der Waals surface area contributed by atoms with E-state index in [1.165, 1.54) is 6.07 Å². The zero-order valence-electron chi connectivity index (χ0n) is 22.4. The molecule has 1 saturated heterocycles. The van der Waals surface area contributed by atoms with Crippen molar-refractivity contribution in [3.8, 4) is 22.9 Å². The first-order valence-corrected chi connectivity index (χ1v) is 13.5. The fraction of sp³-hybridized carbons (Fsp3) is 0.355. The molecule has 3 amide bonds. The smallest absolute Gasteiger partial charge is 0.254 e. The minimum Gasteiger partial charge on any atom is -0.435 e. The number of morpholine rings is 1. The molecule has 2 aromatic carbocycles. The molecular formula is C31H30FN3O5. The quantitative estimate of drug-likeness (QED) is 0.502. The third-order valence-corrected chi connectivity index (χ3v) is 7.93. The van der Waals surface area contributed by atoms with Gasteiger partial charge in [0.05, 0.1) is 24.3 Å². The molecule has 0 spiro atoms. The number of benzene rings is 2. The number of nitrogens with zero attached hydrogens (tertiary/aromatic N) is 2. The number of pyridine rings is 1. The van der Waals surface area contributed by atoms with Crippen molar-refractivity contribution >= 4 is 17.7 Å². The molecule has 206 valence electrons. The Morgan fingerprint density at radius 3 is 2.40 bits per heavy atom. The van der Waals surface area contributed by atoms with E-state index in [2.05, 4.69) is 5.32 Å². The lowest BCUT2D eigenvalue weighted by molar-refractivity contribution is -0.136. The molecule has 2 aliphatic heterocycles. The normalized spacial score (nSPS) is 18.3. The van der Waals surface area contributed by atoms with E-state index in [1.807, 2.05) is 24.3 Å². The van der Waals surface area contributed by atoms with E-state index in [0.717, 1.165) is 18.4 Å². The van der Waals surface area contributed by atoms with Crippen molar-refractivity contribution in [1.82, 2.24) is 15.2 Å². The zero-order valence-corrected chi connectivity index (χ0v) is 22.4. The number of hydrogen-bond donors (Lipinski definition) is 1. The van der Waals surface area contributed by atoms with Crippen molar-refractivity contribution in [3.05, 3.63) is 77.1 Å². The molecule has 3 heterocycles. The van der Waals surface area contributed by atoms with Crippen LogP contribution in [0.3, 0.4) is 0 Å². The van der Waals surface area contributed by atoms with Gasteiger partial charge in [0, 0.05) is 47.2 Å². The Balaban J connectivity index is 1.32. The van der Waals surface area contributed by atoms with Crippen LogP contribution < -0.4 is 10.1 Å². The molecule has 3 aliphatic rings. The highest BCUT2D eigenvalue weighted by atomic mass is 19.1. The van der Waals surface area contributed by atoms with E-state index >= 15 is 0 Å². The summed E-state index contributed by atoms with van der Waals surface area (Å²) in [5.41, 5.74) is 1.94. The predicted octanol–water partition coefficient (Wildman–Crippen LogP) is 4.68. The average Bonchev–Trinajstić information content (AvgIpc) is 3.82. The number of halogens is 1. The van der Waals surface area contributed by atoms with E-state index < -0.39 is 23.1 Å². The molecular weight excluding hydrogens is 513 g/mol. The lowest BCUT2D eigenvalue weighted by atomic mass is 9.69. The number of ether oxygens (including phenoxy) is 2. The Labute approximate surface area is 231 Å². The Morgan fingerprint density at radius 1 is 0.975 bits per heavy atom. The van der Waals surface area contributed by atoms with Gasteiger partial charge in [-0.05, 0) is 37.1 Å². The molecule has 1 atom stereocenters. The first-order chi connectivity index (χ1) is 19.2. The third-order valence-electron chi connectivity index (χ3n) is 7.93. The average molecular weight is 544 g/mol. The van der Waals surface area contributed by atoms with Crippen molar-refractivity contribution < 1.29 is 28.2 Å². The number of imide groups is 1. The van der Waals surface area contributed by atoms with Crippen LogP contribution in [0.15, 0.2) is 54.6 Å². The number of carbonyl (C=O) groups is 3. The summed E-state index contributed by atoms with van der Waals surface area (Å²) in [5, 5.41) is 2.56. The van der Waals surface area contributed by atoms with E-state index in [1.54, 1.807) is 43.0 Å². The van der Waals surface area contributed by atoms with Crippen LogP contribution in [-0.4, -0.2) is 53.9 Å². The van der Waals surface area contributed by atoms with E-state index in [4.69, 9.17) is 14.5 Å². The Kier molecular flexibility index (Phi) is 6.62. The van der Waals surface area contributed by atoms with Gasteiger partial charge in [0.15, 0.2) is 11.6 Å². The Morgan fingerprint density at radius 2 is 1.70 bits per heavy atom. The minimum absolute atomic E-state index is 0.0190. The molecule has 0 bridgehead atoms. The maximum absolute atomic E-state index is 15.0. The second-order valence-electron chi connectivity index (χ2n) is 11.1. The van der Waals surface area contributed by atoms with Gasteiger partial charge in [0.2, 0.25) is 17.7 Å². The summed E-state index contributed by atoms with van der Waals surface area (Å²) in [6, 6.07) is 15.4. The highest BCUT2D eigenvalue weighted by molar-refractivity contribution is 6.00. The van der Waals surface area contributed by atoms with Crippen molar-refractivity contribution in [2.45, 2.75) is 32.6 Å². The van der Waals surface area contributed by atoms with Crippen LogP contribution in [0.4, 0.5) is 4.39 Å². The fourth-order valence-corrected chi connectivity index (χ4v) is 5.40. The standard InChI is InChI=1S/C31H30FN3O5/c1-31(2,30(38)34-27(36)19-8-9-19)25-21-4-3-5-23(32)26(21)40-28-22(25)12-13-24(33-28)18-6-10-20(11-7-18)29(37)35-14-16-39-17-15-35/h3-7,10-13,19,25H,8-9,14-17H2,1-2H3,(H,34,36,38)/t25-/m0/s1. The van der Waals surface area contributed by atoms with Gasteiger partial charge < -0.3 is 14.4 Å². The van der Waals surface area contributed by atoms with Crippen LogP contribution in [-0.2, 0) is 14.3 Å². The molecule has 0 radical (unpaired) electrons. The van der Waals surface area contributed by atoms with Gasteiger partial charge in [0.1, 0.15) is 0 Å². The first-order valence-electron chi connectivity index (χ1n) is 13.5. The third kappa shape index (κ3) is 4.75. The van der Waals surface area contributed by atoms with Crippen LogP contribution in [0.5, 0.6) is 11.6 Å². The monoisotopic (exact) mass is 543 g/mol. The van der Waals surface area contributed by atoms with Gasteiger partial charge in [-0.3, -0.25) is 19.7 Å². The number of hydrogen-bond acceptors (Lipinski definition) is 6. The molecule has 1 aliphatic carbocycles. The molecule has 9 heteroatoms. The number of fused-ring (bicyclic) bond motifs is 2. The molecule has 40 heavy (non-hydrogen) atoms. The molecule has 1 N–H and O–H groups in total. The predicted molar refractivity (Wildman–Crippen MR) is 144 cm³/mol. The van der Waals surface area contributed by atoms with E-state index in [0.29, 0.717) is 48.7 Å². The number of para-hydroxylation sites is 1. The summed E-state index contributed by atoms with van der Waals surface area (Å²) >= 11 is 0. The summed E-state index contributed by atoms with van der Waals surface area (Å²) in [5.74, 6) is -1.82. The number of aromatic nitrogens is 1. The maximum atomic E-state index is 15.0. The lowest BCUT2D eigenvalue weighted by Crippen LogP contribution is -2.45. The highest BCUT2D eigenvalue weighted by Crippen LogP contribution is 2.52. The molecule has 3 aromatic rings. The van der Waals surface area contributed by atoms with Crippen molar-refractivity contribution in [2.24, 2.45) is 11.3 Å². The SMILES string of the molecule is CC(C)(C(=O)NC(=O)C1CC1)[C@@H]1c2ccc(-c3ccc(C(=O)N4CCOCC4)cc3)nc2Oc2c(F)cccc21. The summed E-state index contributed by atoms with van der Waals surface area (Å²) in [7, 11) is 0. The number of nitrogens with one attached hydrogen (secondary N) is 1. The van der Waals surface area contributed by atoms with E-state index in [-0.39, 0.29) is 29.4 Å². The number of carbonyl (C=O) groups excluding carboxylic acids is 3. The number of amides is 3. The molecule has 6 rings (SSSR count). The highest BCUT2D eigenvalue weighted by Gasteiger charge is 2.46. The lowest BCUT2D eigenvalue weighted by Gasteiger charge is -2.37. The Bertz CT molecular complexity index is 1490. The van der Waals surface area contributed by atoms with Crippen molar-refractivity contribution in [1.29, 1.82) is 0 Å². The van der Waals surface area contributed by atoms with Gasteiger partial charge in [-0.2, -0.15) is 0 Å². The van der Waals surface area contributed by atoms with Gasteiger partial charge in [0.25, 0.3) is 5.91 Å². The van der Waals surface area contributed by atoms with Crippen LogP contribution in [0.2, 0.25) is 0 Å². The van der Waals surface area contributed by atoms with Crippen LogP contribution in [0.25, 0.3) is 11.3 Å². The summed E-state index contributed by atoms with van der Waals surface area (Å²) in [4.78, 5) is 45.1. The topological polar surface area (TPSA) is 97.8 Å². The van der Waals surface area contributed by atoms with Gasteiger partial charge >= 0.3 is 0 Å². The van der Waals surface area contributed by atoms with Crippen LogP contribution >= 0.6 is 0 Å². The van der Waals surface area contributed by atoms with Crippen LogP contribution in [0.1, 0.15) is 54.1 Å². The first kappa shape index (κ1) is 26.1. The molecule has 0 unspecified atom stereocenters.